The normalized spacial score (nSPS) is 10.7. The van der Waals surface area contributed by atoms with Crippen LogP contribution in [0.2, 0.25) is 0 Å². The number of rotatable bonds is 8. The lowest BCUT2D eigenvalue weighted by molar-refractivity contribution is -0.116. The van der Waals surface area contributed by atoms with Crippen LogP contribution in [0.1, 0.15) is 56.3 Å². The molecule has 1 heterocycles. The quantitative estimate of drug-likeness (QED) is 0.547. The summed E-state index contributed by atoms with van der Waals surface area (Å²) in [6.45, 7) is 4.50. The first-order valence-electron chi connectivity index (χ1n) is 8.15. The molecule has 0 saturated carbocycles. The van der Waals surface area contributed by atoms with Crippen LogP contribution in [-0.2, 0) is 9.53 Å². The Kier molecular flexibility index (Phi) is 6.59. The minimum Gasteiger partial charge on any atom is -0.462 e. The van der Waals surface area contributed by atoms with Crippen LogP contribution in [0.4, 0.5) is 5.00 Å². The van der Waals surface area contributed by atoms with E-state index in [9.17, 15) is 9.59 Å². The average Bonchev–Trinajstić information content (AvgIpc) is 2.90. The van der Waals surface area contributed by atoms with Gasteiger partial charge in [-0.25, -0.2) is 4.79 Å². The molecule has 0 aliphatic heterocycles. The summed E-state index contributed by atoms with van der Waals surface area (Å²) in [6, 6.07) is 7.66. The van der Waals surface area contributed by atoms with Crippen molar-refractivity contribution in [3.63, 3.8) is 0 Å². The number of fused-ring (bicyclic) bond motifs is 1. The first-order chi connectivity index (χ1) is 11.2. The molecular formula is C18H23NO3S. The highest BCUT2D eigenvalue weighted by molar-refractivity contribution is 7.23. The van der Waals surface area contributed by atoms with Gasteiger partial charge >= 0.3 is 5.97 Å². The SMILES string of the molecule is CCCCOC(=O)c1c(NC(=O)CCCC)sc2ccccc12. The Morgan fingerprint density at radius 1 is 1.13 bits per heavy atom. The third-order valence-corrected chi connectivity index (χ3v) is 4.63. The summed E-state index contributed by atoms with van der Waals surface area (Å²) < 4.78 is 6.33. The fraction of sp³-hybridized carbons (Fsp3) is 0.444. The molecule has 0 radical (unpaired) electrons. The van der Waals surface area contributed by atoms with Crippen LogP contribution < -0.4 is 5.32 Å². The second-order valence-electron chi connectivity index (χ2n) is 5.44. The fourth-order valence-corrected chi connectivity index (χ4v) is 3.35. The molecule has 0 bridgehead atoms. The topological polar surface area (TPSA) is 55.4 Å². The number of anilines is 1. The van der Waals surface area contributed by atoms with Gasteiger partial charge in [0.25, 0.3) is 0 Å². The number of nitrogens with one attached hydrogen (secondary N) is 1. The molecular weight excluding hydrogens is 310 g/mol. The zero-order valence-electron chi connectivity index (χ0n) is 13.7. The molecule has 0 aliphatic rings. The zero-order valence-corrected chi connectivity index (χ0v) is 14.5. The zero-order chi connectivity index (χ0) is 16.7. The van der Waals surface area contributed by atoms with E-state index >= 15 is 0 Å². The molecule has 2 rings (SSSR count). The second-order valence-corrected chi connectivity index (χ2v) is 6.50. The van der Waals surface area contributed by atoms with E-state index in [4.69, 9.17) is 4.74 Å². The largest absolute Gasteiger partial charge is 0.462 e. The molecule has 124 valence electrons. The van der Waals surface area contributed by atoms with E-state index in [1.165, 1.54) is 11.3 Å². The molecule has 0 spiro atoms. The Morgan fingerprint density at radius 3 is 2.61 bits per heavy atom. The van der Waals surface area contributed by atoms with Gasteiger partial charge < -0.3 is 10.1 Å². The molecule has 1 aromatic carbocycles. The number of carbonyl (C=O) groups is 2. The highest BCUT2D eigenvalue weighted by Gasteiger charge is 2.21. The molecule has 5 heteroatoms. The van der Waals surface area contributed by atoms with Crippen molar-refractivity contribution in [2.75, 3.05) is 11.9 Å². The maximum Gasteiger partial charge on any atom is 0.341 e. The molecule has 1 aromatic heterocycles. The fourth-order valence-electron chi connectivity index (χ4n) is 2.24. The molecule has 0 saturated heterocycles. The van der Waals surface area contributed by atoms with E-state index in [0.29, 0.717) is 23.6 Å². The van der Waals surface area contributed by atoms with Crippen molar-refractivity contribution >= 4 is 38.3 Å². The molecule has 4 nitrogen and oxygen atoms in total. The van der Waals surface area contributed by atoms with Gasteiger partial charge in [0.15, 0.2) is 0 Å². The standard InChI is InChI=1S/C18H23NO3S/c1-3-5-11-15(20)19-17-16(18(21)22-12-6-4-2)13-9-7-8-10-14(13)23-17/h7-10H,3-6,11-12H2,1-2H3,(H,19,20). The van der Waals surface area contributed by atoms with Crippen LogP contribution in [0.15, 0.2) is 24.3 Å². The van der Waals surface area contributed by atoms with Crippen LogP contribution in [0, 0.1) is 0 Å². The smallest absolute Gasteiger partial charge is 0.341 e. The summed E-state index contributed by atoms with van der Waals surface area (Å²) in [5.74, 6) is -0.414. The number of ether oxygens (including phenoxy) is 1. The first-order valence-corrected chi connectivity index (χ1v) is 8.97. The number of esters is 1. The number of hydrogen-bond donors (Lipinski definition) is 1. The predicted molar refractivity (Wildman–Crippen MR) is 95.2 cm³/mol. The summed E-state index contributed by atoms with van der Waals surface area (Å²) in [7, 11) is 0. The van der Waals surface area contributed by atoms with E-state index in [2.05, 4.69) is 5.32 Å². The highest BCUT2D eigenvalue weighted by Crippen LogP contribution is 2.36. The lowest BCUT2D eigenvalue weighted by atomic mass is 10.1. The van der Waals surface area contributed by atoms with Crippen LogP contribution in [0.5, 0.6) is 0 Å². The minimum absolute atomic E-state index is 0.0546. The number of benzene rings is 1. The number of unbranched alkanes of at least 4 members (excludes halogenated alkanes) is 2. The van der Waals surface area contributed by atoms with Crippen LogP contribution in [0.3, 0.4) is 0 Å². The first kappa shape index (κ1) is 17.5. The molecule has 0 atom stereocenters. The summed E-state index contributed by atoms with van der Waals surface area (Å²) in [5.41, 5.74) is 0.478. The molecule has 1 amide bonds. The van der Waals surface area contributed by atoms with Gasteiger partial charge in [0, 0.05) is 16.5 Å². The van der Waals surface area contributed by atoms with Crippen molar-refractivity contribution in [3.8, 4) is 0 Å². The Hall–Kier alpha value is -1.88. The van der Waals surface area contributed by atoms with Gasteiger partial charge in [0.05, 0.1) is 6.61 Å². The maximum absolute atomic E-state index is 12.4. The lowest BCUT2D eigenvalue weighted by Gasteiger charge is -2.07. The van der Waals surface area contributed by atoms with E-state index in [1.54, 1.807) is 0 Å². The number of carbonyl (C=O) groups excluding carboxylic acids is 2. The van der Waals surface area contributed by atoms with Crippen LogP contribution in [-0.4, -0.2) is 18.5 Å². The average molecular weight is 333 g/mol. The van der Waals surface area contributed by atoms with Gasteiger partial charge in [-0.2, -0.15) is 0 Å². The molecule has 0 unspecified atom stereocenters. The number of amides is 1. The van der Waals surface area contributed by atoms with Crippen molar-refractivity contribution in [3.05, 3.63) is 29.8 Å². The van der Waals surface area contributed by atoms with E-state index in [1.807, 2.05) is 38.1 Å². The molecule has 1 N–H and O–H groups in total. The molecule has 2 aromatic rings. The van der Waals surface area contributed by atoms with E-state index in [-0.39, 0.29) is 11.9 Å². The molecule has 0 aliphatic carbocycles. The lowest BCUT2D eigenvalue weighted by Crippen LogP contribution is -2.14. The number of thiophene rings is 1. The van der Waals surface area contributed by atoms with Gasteiger partial charge in [-0.3, -0.25) is 4.79 Å². The summed E-state index contributed by atoms with van der Waals surface area (Å²) in [6.07, 6.45) is 4.08. The van der Waals surface area contributed by atoms with Gasteiger partial charge in [-0.15, -0.1) is 11.3 Å². The number of hydrogen-bond acceptors (Lipinski definition) is 4. The van der Waals surface area contributed by atoms with Gasteiger partial charge in [-0.1, -0.05) is 44.9 Å². The maximum atomic E-state index is 12.4. The Labute approximate surface area is 140 Å². The van der Waals surface area contributed by atoms with Crippen LogP contribution >= 0.6 is 11.3 Å². The van der Waals surface area contributed by atoms with Crippen molar-refractivity contribution in [1.29, 1.82) is 0 Å². The van der Waals surface area contributed by atoms with Gasteiger partial charge in [-0.05, 0) is 18.9 Å². The molecule has 23 heavy (non-hydrogen) atoms. The Balaban J connectivity index is 2.26. The monoisotopic (exact) mass is 333 g/mol. The second kappa shape index (κ2) is 8.67. The highest BCUT2D eigenvalue weighted by atomic mass is 32.1. The van der Waals surface area contributed by atoms with Gasteiger partial charge in [0.2, 0.25) is 5.91 Å². The third kappa shape index (κ3) is 4.55. The Bertz CT molecular complexity index is 678. The minimum atomic E-state index is -0.360. The summed E-state index contributed by atoms with van der Waals surface area (Å²) in [5, 5.41) is 4.31. The van der Waals surface area contributed by atoms with E-state index < -0.39 is 0 Å². The van der Waals surface area contributed by atoms with Crippen molar-refractivity contribution in [2.24, 2.45) is 0 Å². The van der Waals surface area contributed by atoms with E-state index in [0.717, 1.165) is 35.8 Å². The summed E-state index contributed by atoms with van der Waals surface area (Å²) in [4.78, 5) is 24.5. The van der Waals surface area contributed by atoms with Gasteiger partial charge in [0.1, 0.15) is 10.6 Å². The van der Waals surface area contributed by atoms with Crippen molar-refractivity contribution in [2.45, 2.75) is 46.0 Å². The third-order valence-electron chi connectivity index (χ3n) is 3.54. The van der Waals surface area contributed by atoms with Crippen molar-refractivity contribution < 1.29 is 14.3 Å². The molecule has 0 fully saturated rings. The predicted octanol–water partition coefficient (Wildman–Crippen LogP) is 4.99. The Morgan fingerprint density at radius 2 is 1.87 bits per heavy atom. The van der Waals surface area contributed by atoms with Crippen LogP contribution in [0.25, 0.3) is 10.1 Å². The van der Waals surface area contributed by atoms with Crippen molar-refractivity contribution in [1.82, 2.24) is 0 Å². The summed E-state index contributed by atoms with van der Waals surface area (Å²) >= 11 is 1.42.